The Morgan fingerprint density at radius 3 is 2.45 bits per heavy atom. The van der Waals surface area contributed by atoms with Gasteiger partial charge in [0.2, 0.25) is 0 Å². The molecule has 0 aliphatic carbocycles. The van der Waals surface area contributed by atoms with Gasteiger partial charge >= 0.3 is 12.2 Å². The first-order valence-corrected chi connectivity index (χ1v) is 10.5. The van der Waals surface area contributed by atoms with Crippen LogP contribution in [0.25, 0.3) is 17.5 Å². The largest absolute Gasteiger partial charge is 0.513 e. The molecule has 1 aromatic heterocycles. The van der Waals surface area contributed by atoms with Crippen LogP contribution in [-0.2, 0) is 14.2 Å². The van der Waals surface area contributed by atoms with Crippen molar-refractivity contribution in [1.29, 1.82) is 0 Å². The van der Waals surface area contributed by atoms with E-state index in [0.717, 1.165) is 22.5 Å². The lowest BCUT2D eigenvalue weighted by molar-refractivity contribution is 0.0954. The molecule has 2 aromatic rings. The zero-order valence-corrected chi connectivity index (χ0v) is 17.7. The number of ether oxygens (including phenoxy) is 3. The van der Waals surface area contributed by atoms with Crippen LogP contribution in [0.3, 0.4) is 0 Å². The van der Waals surface area contributed by atoms with Gasteiger partial charge in [-0.3, -0.25) is 0 Å². The minimum atomic E-state index is -0.746. The number of piperidine rings is 1. The van der Waals surface area contributed by atoms with Crippen LogP contribution in [-0.4, -0.2) is 53.0 Å². The van der Waals surface area contributed by atoms with Crippen LogP contribution in [0.5, 0.6) is 0 Å². The molecule has 1 saturated heterocycles. The van der Waals surface area contributed by atoms with Gasteiger partial charge in [0.1, 0.15) is 5.82 Å². The summed E-state index contributed by atoms with van der Waals surface area (Å²) in [7, 11) is 0. The molecule has 1 amide bonds. The quantitative estimate of drug-likeness (QED) is 0.682. The minimum Gasteiger partial charge on any atom is -0.450 e. The summed E-state index contributed by atoms with van der Waals surface area (Å²) in [5.41, 5.74) is 3.92. The fourth-order valence-electron chi connectivity index (χ4n) is 3.93. The van der Waals surface area contributed by atoms with E-state index in [1.165, 1.54) is 5.57 Å². The fraction of sp³-hybridized carbons (Fsp3) is 0.348. The Bertz CT molecular complexity index is 1040. The number of hydrogen-bond donors (Lipinski definition) is 0. The van der Waals surface area contributed by atoms with E-state index in [1.807, 2.05) is 35.0 Å². The molecule has 31 heavy (non-hydrogen) atoms. The molecule has 2 aliphatic heterocycles. The molecule has 2 aliphatic rings. The molecule has 0 bridgehead atoms. The third kappa shape index (κ3) is 4.19. The van der Waals surface area contributed by atoms with E-state index in [0.29, 0.717) is 38.3 Å². The van der Waals surface area contributed by atoms with Gasteiger partial charge in [-0.25, -0.2) is 14.6 Å². The number of fused-ring (bicyclic) bond motifs is 2. The first kappa shape index (κ1) is 20.7. The monoisotopic (exact) mass is 423 g/mol. The molecular formula is C23H25N3O5. The maximum atomic E-state index is 12.1. The third-order valence-electron chi connectivity index (χ3n) is 5.31. The Morgan fingerprint density at radius 2 is 1.74 bits per heavy atom. The van der Waals surface area contributed by atoms with Crippen LogP contribution < -0.4 is 0 Å². The highest BCUT2D eigenvalue weighted by Gasteiger charge is 2.28. The Hall–Kier alpha value is -3.55. The lowest BCUT2D eigenvalue weighted by Gasteiger charge is -2.29. The smallest absolute Gasteiger partial charge is 0.450 e. The zero-order valence-electron chi connectivity index (χ0n) is 17.7. The molecule has 0 spiro atoms. The van der Waals surface area contributed by atoms with E-state index in [1.54, 1.807) is 31.1 Å². The summed E-state index contributed by atoms with van der Waals surface area (Å²) in [6, 6.07) is 7.78. The van der Waals surface area contributed by atoms with E-state index >= 15 is 0 Å². The van der Waals surface area contributed by atoms with Gasteiger partial charge < -0.3 is 23.7 Å². The van der Waals surface area contributed by atoms with Crippen molar-refractivity contribution in [2.24, 2.45) is 0 Å². The number of carbonyl (C=O) groups is 2. The van der Waals surface area contributed by atoms with Gasteiger partial charge in [0.25, 0.3) is 0 Å². The Kier molecular flexibility index (Phi) is 6.06. The second-order valence-corrected chi connectivity index (χ2v) is 7.15. The van der Waals surface area contributed by atoms with Crippen LogP contribution in [0.4, 0.5) is 9.59 Å². The van der Waals surface area contributed by atoms with Crippen molar-refractivity contribution in [1.82, 2.24) is 14.5 Å². The Balaban J connectivity index is 1.74. The van der Waals surface area contributed by atoms with Crippen molar-refractivity contribution in [3.05, 3.63) is 59.2 Å². The topological polar surface area (TPSA) is 82.9 Å². The summed E-state index contributed by atoms with van der Waals surface area (Å²) in [4.78, 5) is 30.5. The first-order valence-electron chi connectivity index (χ1n) is 10.5. The molecule has 4 rings (SSSR count). The van der Waals surface area contributed by atoms with Gasteiger partial charge in [-0.1, -0.05) is 29.8 Å². The SMILES string of the molecule is CCOC(=O)OC1=Cn2ccnc2C(=C2CCN(C(=O)OCC)CC2)c2ccccc21. The third-order valence-corrected chi connectivity index (χ3v) is 5.31. The van der Waals surface area contributed by atoms with Crippen molar-refractivity contribution in [3.8, 4) is 0 Å². The number of likely N-dealkylation sites (tertiary alicyclic amines) is 1. The highest BCUT2D eigenvalue weighted by Crippen LogP contribution is 2.38. The van der Waals surface area contributed by atoms with E-state index in [9.17, 15) is 9.59 Å². The summed E-state index contributed by atoms with van der Waals surface area (Å²) in [6.45, 7) is 5.30. The number of imidazole rings is 1. The number of amides is 1. The first-order chi connectivity index (χ1) is 15.1. The number of hydrogen-bond acceptors (Lipinski definition) is 6. The molecule has 0 N–H and O–H groups in total. The number of aromatic nitrogens is 2. The molecule has 0 atom stereocenters. The second-order valence-electron chi connectivity index (χ2n) is 7.15. The molecule has 0 saturated carbocycles. The molecule has 1 fully saturated rings. The van der Waals surface area contributed by atoms with Gasteiger partial charge in [-0.05, 0) is 32.3 Å². The normalized spacial score (nSPS) is 15.4. The lowest BCUT2D eigenvalue weighted by atomic mass is 9.90. The Labute approximate surface area is 180 Å². The average Bonchev–Trinajstić information content (AvgIpc) is 3.18. The van der Waals surface area contributed by atoms with Gasteiger partial charge in [-0.2, -0.15) is 0 Å². The number of carbonyl (C=O) groups excluding carboxylic acids is 2. The van der Waals surface area contributed by atoms with Gasteiger partial charge in [0, 0.05) is 36.6 Å². The van der Waals surface area contributed by atoms with Crippen LogP contribution in [0, 0.1) is 0 Å². The van der Waals surface area contributed by atoms with Crippen molar-refractivity contribution < 1.29 is 23.8 Å². The highest BCUT2D eigenvalue weighted by atomic mass is 16.7. The summed E-state index contributed by atoms with van der Waals surface area (Å²) < 4.78 is 17.5. The molecule has 1 aromatic carbocycles. The van der Waals surface area contributed by atoms with E-state index in [-0.39, 0.29) is 12.7 Å². The molecule has 8 heteroatoms. The van der Waals surface area contributed by atoms with Crippen LogP contribution in [0.15, 0.2) is 42.2 Å². The van der Waals surface area contributed by atoms with Crippen LogP contribution in [0.2, 0.25) is 0 Å². The van der Waals surface area contributed by atoms with Crippen molar-refractivity contribution in [2.75, 3.05) is 26.3 Å². The molecule has 0 radical (unpaired) electrons. The number of rotatable bonds is 3. The number of nitrogens with zero attached hydrogens (tertiary/aromatic N) is 3. The maximum absolute atomic E-state index is 12.1. The maximum Gasteiger partial charge on any atom is 0.513 e. The fourth-order valence-corrected chi connectivity index (χ4v) is 3.93. The summed E-state index contributed by atoms with van der Waals surface area (Å²) in [5, 5.41) is 0. The summed E-state index contributed by atoms with van der Waals surface area (Å²) in [6.07, 6.45) is 5.69. The molecular weight excluding hydrogens is 398 g/mol. The van der Waals surface area contributed by atoms with Gasteiger partial charge in [0.15, 0.2) is 5.76 Å². The predicted octanol–water partition coefficient (Wildman–Crippen LogP) is 4.38. The number of benzene rings is 1. The summed E-state index contributed by atoms with van der Waals surface area (Å²) >= 11 is 0. The highest BCUT2D eigenvalue weighted by molar-refractivity contribution is 5.92. The standard InChI is InChI=1S/C23H25N3O5/c1-3-29-22(27)25-12-9-16(10-13-25)20-18-8-6-5-7-17(18)19(31-23(28)30-4-2)15-26-14-11-24-21(20)26/h5-8,11,14-15H,3-4,9-10,12-13H2,1-2H3. The molecule has 0 unspecified atom stereocenters. The Morgan fingerprint density at radius 1 is 1.03 bits per heavy atom. The lowest BCUT2D eigenvalue weighted by Crippen LogP contribution is -2.37. The van der Waals surface area contributed by atoms with Crippen LogP contribution >= 0.6 is 0 Å². The zero-order chi connectivity index (χ0) is 21.8. The van der Waals surface area contributed by atoms with E-state index in [4.69, 9.17) is 14.2 Å². The summed E-state index contributed by atoms with van der Waals surface area (Å²) in [5.74, 6) is 1.17. The van der Waals surface area contributed by atoms with Gasteiger partial charge in [0.05, 0.1) is 19.4 Å². The van der Waals surface area contributed by atoms with Crippen LogP contribution in [0.1, 0.15) is 43.6 Å². The predicted molar refractivity (Wildman–Crippen MR) is 115 cm³/mol. The molecule has 3 heterocycles. The minimum absolute atomic E-state index is 0.232. The van der Waals surface area contributed by atoms with Crippen molar-refractivity contribution >= 4 is 29.8 Å². The average molecular weight is 423 g/mol. The van der Waals surface area contributed by atoms with Gasteiger partial charge in [-0.15, -0.1) is 0 Å². The molecule has 8 nitrogen and oxygen atoms in total. The van der Waals surface area contributed by atoms with Crippen molar-refractivity contribution in [2.45, 2.75) is 26.7 Å². The molecule has 162 valence electrons. The van der Waals surface area contributed by atoms with E-state index < -0.39 is 6.16 Å². The van der Waals surface area contributed by atoms with E-state index in [2.05, 4.69) is 4.98 Å². The van der Waals surface area contributed by atoms with Crippen molar-refractivity contribution in [3.63, 3.8) is 0 Å². The second kappa shape index (κ2) is 9.07.